The molecule has 0 bridgehead atoms. The maximum Gasteiger partial charge on any atom is 0.407 e. The second-order valence-electron chi connectivity index (χ2n) is 9.19. The Morgan fingerprint density at radius 2 is 1.68 bits per heavy atom. The van der Waals surface area contributed by atoms with E-state index in [0.29, 0.717) is 6.42 Å². The van der Waals surface area contributed by atoms with E-state index in [2.05, 4.69) is 5.32 Å². The first-order valence-electron chi connectivity index (χ1n) is 11.2. The van der Waals surface area contributed by atoms with Crippen LogP contribution < -0.4 is 5.32 Å². The van der Waals surface area contributed by atoms with Gasteiger partial charge in [-0.3, -0.25) is 4.79 Å². The lowest BCUT2D eigenvalue weighted by atomic mass is 9.98. The summed E-state index contributed by atoms with van der Waals surface area (Å²) in [5.74, 6) is -6.09. The van der Waals surface area contributed by atoms with Crippen LogP contribution in [0, 0.1) is 11.8 Å². The van der Waals surface area contributed by atoms with Gasteiger partial charge in [0.2, 0.25) is 5.91 Å². The number of alkyl carbamates (subject to hydrolysis) is 1. The standard InChI is InChI=1S/C25H24F2N2O5/c26-25(27)10-21(23(31)32)29(13-25)22(30)19-9-14(19)11-28-24(33)34-12-20-17-7-3-1-5-15(17)16-6-2-4-8-18(16)20/h1-8,14,19-21H,9-13H2,(H,28,33)(H,31,32)/t14-,19-,21+/m1/s1. The second-order valence-corrected chi connectivity index (χ2v) is 9.19. The Morgan fingerprint density at radius 3 is 2.29 bits per heavy atom. The highest BCUT2D eigenvalue weighted by Gasteiger charge is 2.54. The molecule has 1 heterocycles. The van der Waals surface area contributed by atoms with Gasteiger partial charge in [0.1, 0.15) is 12.6 Å². The highest BCUT2D eigenvalue weighted by Crippen LogP contribution is 2.45. The van der Waals surface area contributed by atoms with Gasteiger partial charge in [-0.15, -0.1) is 0 Å². The van der Waals surface area contributed by atoms with Gasteiger partial charge in [-0.05, 0) is 34.6 Å². The number of carboxylic acids is 1. The van der Waals surface area contributed by atoms with Gasteiger partial charge in [0.25, 0.3) is 5.92 Å². The van der Waals surface area contributed by atoms with Crippen molar-refractivity contribution < 1.29 is 33.0 Å². The lowest BCUT2D eigenvalue weighted by Crippen LogP contribution is -2.42. The van der Waals surface area contributed by atoms with Gasteiger partial charge in [-0.2, -0.15) is 0 Å². The fourth-order valence-electron chi connectivity index (χ4n) is 5.12. The fraction of sp³-hybridized carbons (Fsp3) is 0.400. The van der Waals surface area contributed by atoms with E-state index >= 15 is 0 Å². The third kappa shape index (κ3) is 4.10. The first-order chi connectivity index (χ1) is 16.2. The van der Waals surface area contributed by atoms with E-state index in [4.69, 9.17) is 4.74 Å². The zero-order chi connectivity index (χ0) is 24.0. The molecule has 0 aromatic heterocycles. The number of hydrogen-bond donors (Lipinski definition) is 2. The number of hydrogen-bond acceptors (Lipinski definition) is 4. The average molecular weight is 470 g/mol. The second kappa shape index (κ2) is 8.38. The Labute approximate surface area is 194 Å². The number of nitrogens with zero attached hydrogens (tertiary/aromatic N) is 1. The molecule has 5 rings (SSSR count). The van der Waals surface area contributed by atoms with Crippen LogP contribution in [0.2, 0.25) is 0 Å². The van der Waals surface area contributed by atoms with Gasteiger partial charge in [0, 0.05) is 24.8 Å². The molecule has 0 unspecified atom stereocenters. The molecule has 7 nitrogen and oxygen atoms in total. The van der Waals surface area contributed by atoms with E-state index in [0.717, 1.165) is 27.2 Å². The third-order valence-electron chi connectivity index (χ3n) is 6.93. The Kier molecular flexibility index (Phi) is 5.50. The number of aliphatic carboxylic acids is 1. The van der Waals surface area contributed by atoms with E-state index in [-0.39, 0.29) is 25.0 Å². The van der Waals surface area contributed by atoms with Crippen molar-refractivity contribution in [3.63, 3.8) is 0 Å². The van der Waals surface area contributed by atoms with Crippen LogP contribution in [0.1, 0.15) is 29.9 Å². The lowest BCUT2D eigenvalue weighted by molar-refractivity contribution is -0.148. The number of rotatable bonds is 6. The molecule has 9 heteroatoms. The molecule has 2 aromatic rings. The van der Waals surface area contributed by atoms with Crippen LogP contribution in [0.4, 0.5) is 13.6 Å². The number of carboxylic acid groups (broad SMARTS) is 1. The van der Waals surface area contributed by atoms with Crippen molar-refractivity contribution in [3.05, 3.63) is 59.7 Å². The Bertz CT molecular complexity index is 1110. The fourth-order valence-corrected chi connectivity index (χ4v) is 5.12. The highest BCUT2D eigenvalue weighted by molar-refractivity contribution is 5.88. The summed E-state index contributed by atoms with van der Waals surface area (Å²) in [5.41, 5.74) is 4.44. The van der Waals surface area contributed by atoms with Crippen molar-refractivity contribution in [2.75, 3.05) is 19.7 Å². The smallest absolute Gasteiger partial charge is 0.407 e. The van der Waals surface area contributed by atoms with Crippen molar-refractivity contribution in [1.82, 2.24) is 10.2 Å². The van der Waals surface area contributed by atoms with Gasteiger partial charge < -0.3 is 20.1 Å². The predicted molar refractivity (Wildman–Crippen MR) is 117 cm³/mol. The third-order valence-corrected chi connectivity index (χ3v) is 6.93. The Morgan fingerprint density at radius 1 is 1.06 bits per heavy atom. The number of nitrogens with one attached hydrogen (secondary N) is 1. The topological polar surface area (TPSA) is 95.9 Å². The van der Waals surface area contributed by atoms with Crippen molar-refractivity contribution in [1.29, 1.82) is 0 Å². The summed E-state index contributed by atoms with van der Waals surface area (Å²) in [7, 11) is 0. The zero-order valence-electron chi connectivity index (χ0n) is 18.2. The van der Waals surface area contributed by atoms with Crippen molar-refractivity contribution >= 4 is 18.0 Å². The summed E-state index contributed by atoms with van der Waals surface area (Å²) in [4.78, 5) is 36.9. The molecule has 0 spiro atoms. The Hall–Kier alpha value is -3.49. The summed E-state index contributed by atoms with van der Waals surface area (Å²) in [6.07, 6.45) is -1.07. The van der Waals surface area contributed by atoms with Crippen molar-refractivity contribution in [2.45, 2.75) is 30.7 Å². The van der Waals surface area contributed by atoms with E-state index < -0.39 is 48.8 Å². The number of alkyl halides is 2. The van der Waals surface area contributed by atoms with Gasteiger partial charge in [0.05, 0.1) is 6.54 Å². The minimum atomic E-state index is -3.21. The summed E-state index contributed by atoms with van der Waals surface area (Å²) in [6, 6.07) is 14.5. The van der Waals surface area contributed by atoms with Crippen LogP contribution >= 0.6 is 0 Å². The van der Waals surface area contributed by atoms with E-state index in [1.165, 1.54) is 0 Å². The molecule has 2 N–H and O–H groups in total. The SMILES string of the molecule is O=C(NC[C@H]1C[C@H]1C(=O)N1CC(F)(F)C[C@H]1C(=O)O)OCC1c2ccccc2-c2ccccc21. The zero-order valence-corrected chi connectivity index (χ0v) is 18.2. The quantitative estimate of drug-likeness (QED) is 0.674. The number of likely N-dealkylation sites (tertiary alicyclic amines) is 1. The van der Waals surface area contributed by atoms with Crippen LogP contribution in [0.3, 0.4) is 0 Å². The summed E-state index contributed by atoms with van der Waals surface area (Å²) < 4.78 is 32.8. The molecular weight excluding hydrogens is 446 g/mol. The summed E-state index contributed by atoms with van der Waals surface area (Å²) >= 11 is 0. The van der Waals surface area contributed by atoms with Crippen LogP contribution in [-0.4, -0.2) is 59.6 Å². The van der Waals surface area contributed by atoms with Crippen LogP contribution in [0.15, 0.2) is 48.5 Å². The Balaban J connectivity index is 1.13. The lowest BCUT2D eigenvalue weighted by Gasteiger charge is -2.21. The van der Waals surface area contributed by atoms with E-state index in [1.54, 1.807) is 0 Å². The number of benzene rings is 2. The van der Waals surface area contributed by atoms with Crippen molar-refractivity contribution in [2.24, 2.45) is 11.8 Å². The molecule has 3 atom stereocenters. The average Bonchev–Trinajstić information content (AvgIpc) is 3.42. The molecule has 2 aromatic carbocycles. The predicted octanol–water partition coefficient (Wildman–Crippen LogP) is 3.48. The molecule has 178 valence electrons. The largest absolute Gasteiger partial charge is 0.480 e. The first-order valence-corrected chi connectivity index (χ1v) is 11.2. The molecule has 1 saturated carbocycles. The summed E-state index contributed by atoms with van der Waals surface area (Å²) in [5, 5.41) is 11.8. The molecule has 3 aliphatic rings. The molecule has 0 radical (unpaired) electrons. The van der Waals surface area contributed by atoms with Crippen molar-refractivity contribution in [3.8, 4) is 11.1 Å². The highest BCUT2D eigenvalue weighted by atomic mass is 19.3. The van der Waals surface area contributed by atoms with Gasteiger partial charge in [0.15, 0.2) is 0 Å². The number of carbonyl (C=O) groups excluding carboxylic acids is 2. The molecule has 2 amide bonds. The van der Waals surface area contributed by atoms with Crippen LogP contribution in [-0.2, 0) is 14.3 Å². The maximum atomic E-state index is 13.7. The molecule has 34 heavy (non-hydrogen) atoms. The van der Waals surface area contributed by atoms with E-state index in [9.17, 15) is 28.3 Å². The number of carbonyl (C=O) groups is 3. The number of ether oxygens (including phenoxy) is 1. The normalized spacial score (nSPS) is 24.3. The van der Waals surface area contributed by atoms with Crippen LogP contribution in [0.5, 0.6) is 0 Å². The molecule has 1 saturated heterocycles. The molecule has 1 aliphatic heterocycles. The van der Waals surface area contributed by atoms with Gasteiger partial charge in [-0.25, -0.2) is 18.4 Å². The number of amides is 2. The number of halogens is 2. The molecule has 2 fully saturated rings. The van der Waals surface area contributed by atoms with Gasteiger partial charge >= 0.3 is 12.1 Å². The molecular formula is C25H24F2N2O5. The number of fused-ring (bicyclic) bond motifs is 3. The maximum absolute atomic E-state index is 13.7. The van der Waals surface area contributed by atoms with E-state index in [1.807, 2.05) is 48.5 Å². The monoisotopic (exact) mass is 470 g/mol. The summed E-state index contributed by atoms with van der Waals surface area (Å²) in [6.45, 7) is -0.559. The van der Waals surface area contributed by atoms with Crippen LogP contribution in [0.25, 0.3) is 11.1 Å². The minimum Gasteiger partial charge on any atom is -0.480 e. The van der Waals surface area contributed by atoms with Gasteiger partial charge in [-0.1, -0.05) is 48.5 Å². The first kappa shape index (κ1) is 22.3. The molecule has 2 aliphatic carbocycles. The minimum absolute atomic E-state index is 0.0711.